The quantitative estimate of drug-likeness (QED) is 0.685. The lowest BCUT2D eigenvalue weighted by Crippen LogP contribution is -2.35. The number of benzene rings is 1. The number of pyridine rings is 1. The molecular formula is C21H21N5O3. The monoisotopic (exact) mass is 391 g/mol. The van der Waals surface area contributed by atoms with Crippen LogP contribution in [0.3, 0.4) is 0 Å². The molecule has 1 N–H and O–H groups in total. The molecule has 0 radical (unpaired) electrons. The van der Waals surface area contributed by atoms with Gasteiger partial charge in [0.25, 0.3) is 5.91 Å². The fraction of sp³-hybridized carbons (Fsp3) is 0.286. The molecule has 148 valence electrons. The van der Waals surface area contributed by atoms with Gasteiger partial charge < -0.3 is 14.6 Å². The van der Waals surface area contributed by atoms with Crippen molar-refractivity contribution in [1.29, 1.82) is 0 Å². The maximum atomic E-state index is 12.7. The number of fused-ring (bicyclic) bond motifs is 1. The maximum absolute atomic E-state index is 12.7. The van der Waals surface area contributed by atoms with E-state index in [1.807, 2.05) is 12.1 Å². The van der Waals surface area contributed by atoms with Crippen molar-refractivity contribution in [3.63, 3.8) is 0 Å². The molecule has 1 unspecified atom stereocenters. The number of amides is 1. The third-order valence-corrected chi connectivity index (χ3v) is 5.05. The first-order chi connectivity index (χ1) is 14.2. The summed E-state index contributed by atoms with van der Waals surface area (Å²) < 4.78 is 6.82. The molecule has 0 spiro atoms. The molecule has 2 aromatic heterocycles. The first kappa shape index (κ1) is 18.8. The summed E-state index contributed by atoms with van der Waals surface area (Å²) in [5, 5.41) is 11.7. The zero-order valence-electron chi connectivity index (χ0n) is 16.0. The molecule has 3 heterocycles. The average molecular weight is 391 g/mol. The number of carbonyl (C=O) groups excluding carboxylic acids is 2. The second-order valence-corrected chi connectivity index (χ2v) is 6.90. The average Bonchev–Trinajstić information content (AvgIpc) is 3.08. The van der Waals surface area contributed by atoms with E-state index >= 15 is 0 Å². The van der Waals surface area contributed by atoms with Gasteiger partial charge in [-0.25, -0.2) is 4.79 Å². The van der Waals surface area contributed by atoms with Gasteiger partial charge in [0.05, 0.1) is 12.7 Å². The molecule has 0 saturated carbocycles. The molecule has 1 aliphatic rings. The second-order valence-electron chi connectivity index (χ2n) is 6.90. The highest BCUT2D eigenvalue weighted by molar-refractivity contribution is 5.98. The maximum Gasteiger partial charge on any atom is 0.337 e. The number of rotatable bonds is 4. The van der Waals surface area contributed by atoms with Crippen LogP contribution in [0, 0.1) is 0 Å². The number of ether oxygens (including phenoxy) is 1. The van der Waals surface area contributed by atoms with Gasteiger partial charge in [0, 0.05) is 42.5 Å². The smallest absolute Gasteiger partial charge is 0.337 e. The Morgan fingerprint density at radius 3 is 2.79 bits per heavy atom. The third kappa shape index (κ3) is 4.01. The van der Waals surface area contributed by atoms with Crippen molar-refractivity contribution in [3.05, 3.63) is 65.7 Å². The van der Waals surface area contributed by atoms with Crippen LogP contribution in [-0.2, 0) is 17.7 Å². The minimum atomic E-state index is -0.463. The van der Waals surface area contributed by atoms with Crippen LogP contribution in [-0.4, -0.2) is 44.8 Å². The van der Waals surface area contributed by atoms with Gasteiger partial charge in [0.1, 0.15) is 5.82 Å². The van der Waals surface area contributed by atoms with Crippen molar-refractivity contribution >= 4 is 11.9 Å². The van der Waals surface area contributed by atoms with Gasteiger partial charge >= 0.3 is 5.97 Å². The Labute approximate surface area is 167 Å². The summed E-state index contributed by atoms with van der Waals surface area (Å²) in [6, 6.07) is 10.4. The summed E-state index contributed by atoms with van der Waals surface area (Å²) in [5.74, 6) is 1.04. The number of esters is 1. The number of hydrogen-bond donors (Lipinski definition) is 1. The van der Waals surface area contributed by atoms with Gasteiger partial charge in [0.15, 0.2) is 5.82 Å². The molecular weight excluding hydrogens is 370 g/mol. The highest BCUT2D eigenvalue weighted by Crippen LogP contribution is 2.22. The highest BCUT2D eigenvalue weighted by atomic mass is 16.5. The van der Waals surface area contributed by atoms with E-state index in [0.29, 0.717) is 17.7 Å². The number of nitrogens with zero attached hydrogens (tertiary/aromatic N) is 4. The highest BCUT2D eigenvalue weighted by Gasteiger charge is 2.23. The summed E-state index contributed by atoms with van der Waals surface area (Å²) in [6.45, 7) is 0.708. The zero-order valence-corrected chi connectivity index (χ0v) is 16.0. The molecule has 0 aliphatic carbocycles. The molecule has 1 aromatic carbocycles. The van der Waals surface area contributed by atoms with Crippen molar-refractivity contribution in [2.45, 2.75) is 31.8 Å². The number of methoxy groups -OCH3 is 1. The van der Waals surface area contributed by atoms with Crippen molar-refractivity contribution in [3.8, 4) is 11.4 Å². The lowest BCUT2D eigenvalue weighted by molar-refractivity contribution is 0.0600. The Morgan fingerprint density at radius 2 is 2.00 bits per heavy atom. The third-order valence-electron chi connectivity index (χ3n) is 5.05. The first-order valence-corrected chi connectivity index (χ1v) is 9.47. The van der Waals surface area contributed by atoms with Crippen LogP contribution >= 0.6 is 0 Å². The number of aryl methyl sites for hydroxylation is 1. The second kappa shape index (κ2) is 8.22. The van der Waals surface area contributed by atoms with E-state index in [0.717, 1.165) is 36.5 Å². The van der Waals surface area contributed by atoms with E-state index in [9.17, 15) is 9.59 Å². The minimum Gasteiger partial charge on any atom is -0.465 e. The van der Waals surface area contributed by atoms with Crippen molar-refractivity contribution < 1.29 is 14.3 Å². The van der Waals surface area contributed by atoms with Crippen molar-refractivity contribution in [2.75, 3.05) is 7.11 Å². The van der Waals surface area contributed by atoms with Crippen molar-refractivity contribution in [1.82, 2.24) is 25.1 Å². The molecule has 4 rings (SSSR count). The van der Waals surface area contributed by atoms with E-state index in [4.69, 9.17) is 4.74 Å². The predicted octanol–water partition coefficient (Wildman–Crippen LogP) is 2.26. The fourth-order valence-electron chi connectivity index (χ4n) is 3.51. The minimum absolute atomic E-state index is 0.00716. The Kier molecular flexibility index (Phi) is 5.33. The lowest BCUT2D eigenvalue weighted by atomic mass is 10.1. The summed E-state index contributed by atoms with van der Waals surface area (Å²) >= 11 is 0. The summed E-state index contributed by atoms with van der Waals surface area (Å²) in [6.07, 6.45) is 5.76. The van der Waals surface area contributed by atoms with E-state index in [1.54, 1.807) is 36.7 Å². The number of aromatic nitrogens is 4. The van der Waals surface area contributed by atoms with E-state index < -0.39 is 5.97 Å². The predicted molar refractivity (Wildman–Crippen MR) is 105 cm³/mol. The van der Waals surface area contributed by atoms with Crippen LogP contribution < -0.4 is 5.32 Å². The van der Waals surface area contributed by atoms with Gasteiger partial charge in [-0.3, -0.25) is 9.78 Å². The Morgan fingerprint density at radius 1 is 1.14 bits per heavy atom. The Bertz CT molecular complexity index is 1030. The topological polar surface area (TPSA) is 99.0 Å². The molecule has 1 aliphatic heterocycles. The van der Waals surface area contributed by atoms with Crippen LogP contribution in [0.2, 0.25) is 0 Å². The standard InChI is InChI=1S/C21H21N5O3/c1-29-21(28)15-5-2-4-14(12-15)20(27)23-17-7-8-18-24-25-19(26(18)11-9-17)16-6-3-10-22-13-16/h2-6,10,12-13,17H,7-9,11H2,1H3,(H,23,27). The van der Waals surface area contributed by atoms with Crippen LogP contribution in [0.4, 0.5) is 0 Å². The van der Waals surface area contributed by atoms with Gasteiger partial charge in [0.2, 0.25) is 0 Å². The molecule has 1 atom stereocenters. The Hall–Kier alpha value is -3.55. The van der Waals surface area contributed by atoms with E-state index in [1.165, 1.54) is 7.11 Å². The van der Waals surface area contributed by atoms with Gasteiger partial charge in [-0.15, -0.1) is 10.2 Å². The number of carbonyl (C=O) groups is 2. The largest absolute Gasteiger partial charge is 0.465 e. The lowest BCUT2D eigenvalue weighted by Gasteiger charge is -2.16. The zero-order chi connectivity index (χ0) is 20.2. The normalized spacial score (nSPS) is 15.8. The van der Waals surface area contributed by atoms with Crippen molar-refractivity contribution in [2.24, 2.45) is 0 Å². The molecule has 8 nitrogen and oxygen atoms in total. The number of hydrogen-bond acceptors (Lipinski definition) is 6. The molecule has 8 heteroatoms. The SMILES string of the molecule is COC(=O)c1cccc(C(=O)NC2CCc3nnc(-c4cccnc4)n3CC2)c1. The molecule has 0 fully saturated rings. The van der Waals surface area contributed by atoms with Crippen LogP contribution in [0.15, 0.2) is 48.8 Å². The summed E-state index contributed by atoms with van der Waals surface area (Å²) in [7, 11) is 1.32. The van der Waals surface area contributed by atoms with Gasteiger partial charge in [-0.1, -0.05) is 6.07 Å². The molecule has 29 heavy (non-hydrogen) atoms. The van der Waals surface area contributed by atoms with Gasteiger partial charge in [-0.2, -0.15) is 0 Å². The number of nitrogens with one attached hydrogen (secondary N) is 1. The van der Waals surface area contributed by atoms with E-state index in [2.05, 4.69) is 25.1 Å². The van der Waals surface area contributed by atoms with Crippen LogP contribution in [0.25, 0.3) is 11.4 Å². The molecule has 0 saturated heterocycles. The van der Waals surface area contributed by atoms with E-state index in [-0.39, 0.29) is 11.9 Å². The molecule has 3 aromatic rings. The first-order valence-electron chi connectivity index (χ1n) is 9.47. The Balaban J connectivity index is 1.45. The van der Waals surface area contributed by atoms with Crippen LogP contribution in [0.1, 0.15) is 39.4 Å². The van der Waals surface area contributed by atoms with Crippen LogP contribution in [0.5, 0.6) is 0 Å². The fourth-order valence-corrected chi connectivity index (χ4v) is 3.51. The molecule has 1 amide bonds. The summed E-state index contributed by atoms with van der Waals surface area (Å²) in [4.78, 5) is 28.5. The van der Waals surface area contributed by atoms with Gasteiger partial charge in [-0.05, 0) is 43.2 Å². The molecule has 0 bridgehead atoms. The summed E-state index contributed by atoms with van der Waals surface area (Å²) in [5.41, 5.74) is 1.72.